The summed E-state index contributed by atoms with van der Waals surface area (Å²) in [5.41, 5.74) is 2.22. The van der Waals surface area contributed by atoms with Crippen LogP contribution in [0.2, 0.25) is 0 Å². The van der Waals surface area contributed by atoms with Crippen molar-refractivity contribution in [1.82, 2.24) is 4.57 Å². The van der Waals surface area contributed by atoms with Gasteiger partial charge in [0.05, 0.1) is 29.5 Å². The smallest absolute Gasteiger partial charge is 0.338 e. The van der Waals surface area contributed by atoms with Crippen molar-refractivity contribution in [2.24, 2.45) is 4.99 Å². The zero-order valence-electron chi connectivity index (χ0n) is 19.9. The maximum Gasteiger partial charge on any atom is 0.338 e. The molecule has 5 rings (SSSR count). The first-order valence-corrected chi connectivity index (χ1v) is 13.0. The van der Waals surface area contributed by atoms with E-state index in [0.717, 1.165) is 26.4 Å². The fourth-order valence-corrected chi connectivity index (χ4v) is 6.01. The van der Waals surface area contributed by atoms with Crippen molar-refractivity contribution in [2.45, 2.75) is 19.9 Å². The third-order valence-corrected chi connectivity index (χ3v) is 7.56. The largest absolute Gasteiger partial charge is 0.496 e. The van der Waals surface area contributed by atoms with E-state index < -0.39 is 12.0 Å². The molecular formula is C28H23BrN2O4S. The molecule has 0 bridgehead atoms. The van der Waals surface area contributed by atoms with Crippen LogP contribution in [0.5, 0.6) is 5.75 Å². The lowest BCUT2D eigenvalue weighted by Crippen LogP contribution is -2.40. The van der Waals surface area contributed by atoms with Crippen molar-refractivity contribution in [2.75, 3.05) is 13.7 Å². The Morgan fingerprint density at radius 3 is 2.72 bits per heavy atom. The number of fused-ring (bicyclic) bond motifs is 2. The van der Waals surface area contributed by atoms with Crippen molar-refractivity contribution >= 4 is 50.1 Å². The van der Waals surface area contributed by atoms with Gasteiger partial charge in [-0.05, 0) is 54.5 Å². The standard InChI is InChI=1S/C28H23BrN2O4S/c1-4-35-27(33)23-16(2)30-28-31(26(32)22(36-28)15-17-8-7-10-19(29)14-17)25(23)24-20-11-6-5-9-18(20)12-13-21(24)34-3/h5-15,25H,4H2,1-3H3/b22-15+. The van der Waals surface area contributed by atoms with E-state index in [0.29, 0.717) is 26.4 Å². The number of aromatic nitrogens is 1. The molecule has 182 valence electrons. The highest BCUT2D eigenvalue weighted by molar-refractivity contribution is 9.10. The van der Waals surface area contributed by atoms with E-state index in [-0.39, 0.29) is 12.2 Å². The maximum atomic E-state index is 13.9. The van der Waals surface area contributed by atoms with Gasteiger partial charge in [-0.1, -0.05) is 69.7 Å². The Morgan fingerprint density at radius 2 is 1.97 bits per heavy atom. The zero-order chi connectivity index (χ0) is 25.4. The maximum absolute atomic E-state index is 13.9. The SMILES string of the molecule is CCOC(=O)C1=C(C)N=c2s/c(=C/c3cccc(Br)c3)c(=O)n2C1c1c(OC)ccc2ccccc12. The Labute approximate surface area is 220 Å². The molecule has 1 aliphatic rings. The molecule has 0 saturated carbocycles. The molecule has 4 aromatic rings. The summed E-state index contributed by atoms with van der Waals surface area (Å²) >= 11 is 4.78. The van der Waals surface area contributed by atoms with Crippen LogP contribution < -0.4 is 19.6 Å². The third kappa shape index (κ3) is 4.20. The molecule has 6 nitrogen and oxygen atoms in total. The van der Waals surface area contributed by atoms with E-state index >= 15 is 0 Å². The van der Waals surface area contributed by atoms with Crippen LogP contribution in [0.3, 0.4) is 0 Å². The number of nitrogens with zero attached hydrogens (tertiary/aromatic N) is 2. The molecule has 1 unspecified atom stereocenters. The minimum Gasteiger partial charge on any atom is -0.496 e. The van der Waals surface area contributed by atoms with Crippen molar-refractivity contribution in [3.63, 3.8) is 0 Å². The highest BCUT2D eigenvalue weighted by atomic mass is 79.9. The Hall–Kier alpha value is -3.49. The quantitative estimate of drug-likeness (QED) is 0.330. The molecule has 0 aliphatic carbocycles. The predicted molar refractivity (Wildman–Crippen MR) is 145 cm³/mol. The van der Waals surface area contributed by atoms with Gasteiger partial charge in [0.2, 0.25) is 0 Å². The van der Waals surface area contributed by atoms with Crippen molar-refractivity contribution in [3.05, 3.63) is 107 Å². The van der Waals surface area contributed by atoms with E-state index in [2.05, 4.69) is 20.9 Å². The summed E-state index contributed by atoms with van der Waals surface area (Å²) in [5, 5.41) is 1.86. The highest BCUT2D eigenvalue weighted by Gasteiger charge is 2.36. The highest BCUT2D eigenvalue weighted by Crippen LogP contribution is 2.40. The number of carbonyl (C=O) groups is 1. The molecule has 1 aliphatic heterocycles. The van der Waals surface area contributed by atoms with Gasteiger partial charge in [-0.3, -0.25) is 9.36 Å². The molecule has 1 aromatic heterocycles. The number of hydrogen-bond donors (Lipinski definition) is 0. The number of hydrogen-bond acceptors (Lipinski definition) is 6. The lowest BCUT2D eigenvalue weighted by Gasteiger charge is -2.27. The molecular weight excluding hydrogens is 540 g/mol. The summed E-state index contributed by atoms with van der Waals surface area (Å²) in [6, 6.07) is 18.7. The van der Waals surface area contributed by atoms with Crippen LogP contribution in [0.1, 0.15) is 31.0 Å². The van der Waals surface area contributed by atoms with E-state index in [1.807, 2.05) is 66.7 Å². The predicted octanol–water partition coefficient (Wildman–Crippen LogP) is 4.72. The van der Waals surface area contributed by atoms with Crippen LogP contribution in [-0.2, 0) is 9.53 Å². The Balaban J connectivity index is 1.86. The van der Waals surface area contributed by atoms with Crippen LogP contribution in [-0.4, -0.2) is 24.3 Å². The molecule has 0 fully saturated rings. The molecule has 36 heavy (non-hydrogen) atoms. The lowest BCUT2D eigenvalue weighted by atomic mass is 9.90. The summed E-state index contributed by atoms with van der Waals surface area (Å²) in [6.45, 7) is 3.75. The Kier molecular flexibility index (Phi) is 6.64. The second-order valence-corrected chi connectivity index (χ2v) is 10.2. The molecule has 8 heteroatoms. The van der Waals surface area contributed by atoms with Gasteiger partial charge in [0.1, 0.15) is 11.8 Å². The van der Waals surface area contributed by atoms with Gasteiger partial charge >= 0.3 is 5.97 Å². The number of benzene rings is 3. The molecule has 0 saturated heterocycles. The Bertz CT molecular complexity index is 1720. The summed E-state index contributed by atoms with van der Waals surface area (Å²) in [5.74, 6) is 0.0803. The number of thiazole rings is 1. The van der Waals surface area contributed by atoms with Gasteiger partial charge in [-0.25, -0.2) is 9.79 Å². The van der Waals surface area contributed by atoms with Gasteiger partial charge in [0, 0.05) is 10.0 Å². The van der Waals surface area contributed by atoms with Gasteiger partial charge in [-0.2, -0.15) is 0 Å². The van der Waals surface area contributed by atoms with E-state index in [1.165, 1.54) is 11.3 Å². The number of carbonyl (C=O) groups excluding carboxylic acids is 1. The minimum absolute atomic E-state index is 0.211. The van der Waals surface area contributed by atoms with Crippen LogP contribution >= 0.6 is 27.3 Å². The summed E-state index contributed by atoms with van der Waals surface area (Å²) < 4.78 is 14.2. The topological polar surface area (TPSA) is 69.9 Å². The second kappa shape index (κ2) is 9.87. The van der Waals surface area contributed by atoms with Gasteiger partial charge < -0.3 is 9.47 Å². The van der Waals surface area contributed by atoms with Gasteiger partial charge in [-0.15, -0.1) is 0 Å². The minimum atomic E-state index is -0.758. The number of rotatable bonds is 5. The molecule has 0 N–H and O–H groups in total. The first-order chi connectivity index (χ1) is 17.4. The molecule has 3 aromatic carbocycles. The fourth-order valence-electron chi connectivity index (χ4n) is 4.55. The number of halogens is 1. The van der Waals surface area contributed by atoms with Crippen LogP contribution in [0, 0.1) is 0 Å². The van der Waals surface area contributed by atoms with Crippen LogP contribution in [0.4, 0.5) is 0 Å². The molecule has 0 radical (unpaired) electrons. The number of ether oxygens (including phenoxy) is 2. The third-order valence-electron chi connectivity index (χ3n) is 6.09. The van der Waals surface area contributed by atoms with E-state index in [9.17, 15) is 9.59 Å². The van der Waals surface area contributed by atoms with E-state index in [1.54, 1.807) is 25.5 Å². The van der Waals surface area contributed by atoms with Crippen molar-refractivity contribution in [1.29, 1.82) is 0 Å². The first-order valence-electron chi connectivity index (χ1n) is 11.4. The molecule has 0 spiro atoms. The summed E-state index contributed by atoms with van der Waals surface area (Å²) in [4.78, 5) is 32.4. The molecule has 2 heterocycles. The van der Waals surface area contributed by atoms with E-state index in [4.69, 9.17) is 9.47 Å². The van der Waals surface area contributed by atoms with Crippen LogP contribution in [0.15, 0.2) is 86.2 Å². The monoisotopic (exact) mass is 562 g/mol. The van der Waals surface area contributed by atoms with Crippen LogP contribution in [0.25, 0.3) is 16.8 Å². The normalized spacial score (nSPS) is 15.6. The zero-order valence-corrected chi connectivity index (χ0v) is 22.4. The Morgan fingerprint density at radius 1 is 1.17 bits per heavy atom. The number of methoxy groups -OCH3 is 1. The number of esters is 1. The molecule has 1 atom stereocenters. The van der Waals surface area contributed by atoms with Gasteiger partial charge in [0.15, 0.2) is 4.80 Å². The average Bonchev–Trinajstić information content (AvgIpc) is 3.16. The van der Waals surface area contributed by atoms with Crippen molar-refractivity contribution < 1.29 is 14.3 Å². The second-order valence-electron chi connectivity index (χ2n) is 8.26. The lowest BCUT2D eigenvalue weighted by molar-refractivity contribution is -0.139. The first kappa shape index (κ1) is 24.2. The summed E-state index contributed by atoms with van der Waals surface area (Å²) in [7, 11) is 1.59. The fraction of sp³-hybridized carbons (Fsp3) is 0.179. The van der Waals surface area contributed by atoms with Gasteiger partial charge in [0.25, 0.3) is 5.56 Å². The average molecular weight is 563 g/mol. The molecule has 0 amide bonds. The number of allylic oxidation sites excluding steroid dienone is 1. The summed E-state index contributed by atoms with van der Waals surface area (Å²) in [6.07, 6.45) is 1.84. The van der Waals surface area contributed by atoms with Crippen molar-refractivity contribution in [3.8, 4) is 5.75 Å².